The van der Waals surface area contributed by atoms with Gasteiger partial charge in [-0.15, -0.1) is 0 Å². The van der Waals surface area contributed by atoms with Gasteiger partial charge in [-0.25, -0.2) is 4.79 Å². The molecule has 0 unspecified atom stereocenters. The molecule has 228 valence electrons. The maximum atomic E-state index is 12.8. The van der Waals surface area contributed by atoms with Crippen LogP contribution >= 0.6 is 0 Å². The van der Waals surface area contributed by atoms with Crippen LogP contribution in [0, 0.1) is 0 Å². The summed E-state index contributed by atoms with van der Waals surface area (Å²) < 4.78 is 10.7. The number of likely N-dealkylation sites (tertiary alicyclic amines) is 2. The lowest BCUT2D eigenvalue weighted by Crippen LogP contribution is -2.53. The van der Waals surface area contributed by atoms with E-state index in [1.54, 1.807) is 11.8 Å². The van der Waals surface area contributed by atoms with Crippen molar-refractivity contribution in [2.24, 2.45) is 0 Å². The summed E-state index contributed by atoms with van der Waals surface area (Å²) in [6.07, 6.45) is 3.63. The summed E-state index contributed by atoms with van der Waals surface area (Å²) in [7, 11) is 0. The van der Waals surface area contributed by atoms with Crippen molar-refractivity contribution >= 4 is 12.1 Å². The van der Waals surface area contributed by atoms with E-state index in [1.807, 2.05) is 20.8 Å². The number of carbonyl (C=O) groups is 2. The minimum Gasteiger partial charge on any atom is -0.465 e. The smallest absolute Gasteiger partial charge is 0.411 e. The molecule has 0 atom stereocenters. The quantitative estimate of drug-likeness (QED) is 0.362. The number of benzene rings is 1. The molecule has 2 saturated heterocycles. The van der Waals surface area contributed by atoms with Gasteiger partial charge < -0.3 is 19.3 Å². The summed E-state index contributed by atoms with van der Waals surface area (Å²) in [4.78, 5) is 34.1. The van der Waals surface area contributed by atoms with Gasteiger partial charge in [0.25, 0.3) is 0 Å². The van der Waals surface area contributed by atoms with Crippen LogP contribution in [0.1, 0.15) is 79.7 Å². The molecule has 0 aromatic heterocycles. The van der Waals surface area contributed by atoms with E-state index in [1.165, 1.54) is 38.0 Å². The van der Waals surface area contributed by atoms with Gasteiger partial charge in [-0.1, -0.05) is 51.1 Å². The molecular formula is C32H56N4O4. The molecule has 3 rings (SSSR count). The summed E-state index contributed by atoms with van der Waals surface area (Å²) in [6, 6.07) is 11.3. The Hall–Kier alpha value is -2.16. The molecule has 0 bridgehead atoms. The summed E-state index contributed by atoms with van der Waals surface area (Å²) in [5.41, 5.74) is 0.777. The van der Waals surface area contributed by atoms with Crippen LogP contribution in [0.25, 0.3) is 0 Å². The molecule has 8 nitrogen and oxygen atoms in total. The molecular weight excluding hydrogens is 504 g/mol. The van der Waals surface area contributed by atoms with Crippen molar-refractivity contribution in [1.82, 2.24) is 19.6 Å². The van der Waals surface area contributed by atoms with Crippen LogP contribution in [-0.4, -0.2) is 108 Å². The molecule has 2 fully saturated rings. The highest BCUT2D eigenvalue weighted by Gasteiger charge is 2.35. The second kappa shape index (κ2) is 17.6. The van der Waals surface area contributed by atoms with Crippen molar-refractivity contribution < 1.29 is 19.1 Å². The van der Waals surface area contributed by atoms with Crippen LogP contribution in [0.15, 0.2) is 30.3 Å². The molecule has 0 spiro atoms. The Morgan fingerprint density at radius 1 is 0.875 bits per heavy atom. The van der Waals surface area contributed by atoms with Crippen molar-refractivity contribution in [2.75, 3.05) is 59.0 Å². The fourth-order valence-electron chi connectivity index (χ4n) is 5.53. The van der Waals surface area contributed by atoms with Crippen molar-refractivity contribution in [3.63, 3.8) is 0 Å². The first kappa shape index (κ1) is 34.0. The van der Waals surface area contributed by atoms with E-state index in [-0.39, 0.29) is 18.6 Å². The number of hydrogen-bond acceptors (Lipinski definition) is 7. The van der Waals surface area contributed by atoms with E-state index in [4.69, 9.17) is 9.47 Å². The third kappa shape index (κ3) is 12.1. The summed E-state index contributed by atoms with van der Waals surface area (Å²) in [6.45, 7) is 22.8. The monoisotopic (exact) mass is 560 g/mol. The first-order valence-corrected chi connectivity index (χ1v) is 15.5. The van der Waals surface area contributed by atoms with Crippen LogP contribution in [0.2, 0.25) is 0 Å². The molecule has 0 N–H and O–H groups in total. The molecule has 2 heterocycles. The van der Waals surface area contributed by atoms with Crippen LogP contribution in [0.3, 0.4) is 0 Å². The summed E-state index contributed by atoms with van der Waals surface area (Å²) in [5.74, 6) is -0.378. The third-order valence-corrected chi connectivity index (χ3v) is 7.84. The van der Waals surface area contributed by atoms with Crippen molar-refractivity contribution in [1.29, 1.82) is 0 Å². The minimum atomic E-state index is -0.599. The Bertz CT molecular complexity index is 835. The van der Waals surface area contributed by atoms with Gasteiger partial charge in [0.05, 0.1) is 6.61 Å². The average Bonchev–Trinajstić information content (AvgIpc) is 2.93. The van der Waals surface area contributed by atoms with E-state index in [2.05, 4.69) is 65.8 Å². The van der Waals surface area contributed by atoms with Gasteiger partial charge in [0.2, 0.25) is 0 Å². The Morgan fingerprint density at radius 3 is 1.93 bits per heavy atom. The first-order chi connectivity index (χ1) is 19.1. The number of ether oxygens (including phenoxy) is 2. The van der Waals surface area contributed by atoms with E-state index in [0.717, 1.165) is 45.6 Å². The van der Waals surface area contributed by atoms with E-state index < -0.39 is 11.7 Å². The standard InChI is InChI=1S/C26H41N3O4.C6H15N/c1-5-32-24(30)20-29(25(31)33-26(2,3)4)23-13-17-28(18-14-23)22-11-15-27(16-12-22)19-21-9-7-6-8-10-21;1-4-7(5-2)6-3/h6-10,22-23H,5,11-20H2,1-4H3;4-6H2,1-3H3. The van der Waals surface area contributed by atoms with Crippen molar-refractivity contribution in [3.05, 3.63) is 35.9 Å². The first-order valence-electron chi connectivity index (χ1n) is 15.5. The van der Waals surface area contributed by atoms with E-state index >= 15 is 0 Å². The molecule has 8 heteroatoms. The molecule has 0 saturated carbocycles. The number of rotatable bonds is 10. The minimum absolute atomic E-state index is 0.00123. The van der Waals surface area contributed by atoms with Gasteiger partial charge in [-0.3, -0.25) is 14.6 Å². The molecule has 0 radical (unpaired) electrons. The van der Waals surface area contributed by atoms with Crippen LogP contribution in [0.4, 0.5) is 4.79 Å². The van der Waals surface area contributed by atoms with Crippen molar-refractivity contribution in [2.45, 2.75) is 98.4 Å². The lowest BCUT2D eigenvalue weighted by atomic mass is 9.97. The molecule has 1 amide bonds. The fraction of sp³-hybridized carbons (Fsp3) is 0.750. The molecule has 0 aliphatic carbocycles. The Morgan fingerprint density at radius 2 is 1.45 bits per heavy atom. The highest BCUT2D eigenvalue weighted by Crippen LogP contribution is 2.25. The maximum Gasteiger partial charge on any atom is 0.411 e. The predicted octanol–water partition coefficient (Wildman–Crippen LogP) is 5.26. The highest BCUT2D eigenvalue weighted by atomic mass is 16.6. The Kier molecular flexibility index (Phi) is 15.0. The Labute approximate surface area is 244 Å². The number of piperidine rings is 2. The lowest BCUT2D eigenvalue weighted by molar-refractivity contribution is -0.145. The number of esters is 1. The maximum absolute atomic E-state index is 12.8. The zero-order valence-electron chi connectivity index (χ0n) is 26.4. The number of nitrogens with zero attached hydrogens (tertiary/aromatic N) is 4. The predicted molar refractivity (Wildman–Crippen MR) is 162 cm³/mol. The fourth-order valence-corrected chi connectivity index (χ4v) is 5.53. The van der Waals surface area contributed by atoms with Crippen LogP contribution in [-0.2, 0) is 20.8 Å². The van der Waals surface area contributed by atoms with Crippen molar-refractivity contribution in [3.8, 4) is 0 Å². The van der Waals surface area contributed by atoms with Gasteiger partial charge in [-0.05, 0) is 91.7 Å². The second-order valence-electron chi connectivity index (χ2n) is 11.8. The van der Waals surface area contributed by atoms with Gasteiger partial charge in [-0.2, -0.15) is 0 Å². The molecule has 40 heavy (non-hydrogen) atoms. The zero-order valence-corrected chi connectivity index (χ0v) is 26.4. The lowest BCUT2D eigenvalue weighted by Gasteiger charge is -2.43. The van der Waals surface area contributed by atoms with Crippen LogP contribution in [0.5, 0.6) is 0 Å². The number of amides is 1. The average molecular weight is 561 g/mol. The number of hydrogen-bond donors (Lipinski definition) is 0. The molecule has 2 aliphatic heterocycles. The normalized spacial score (nSPS) is 17.7. The zero-order chi connectivity index (χ0) is 29.5. The van der Waals surface area contributed by atoms with Gasteiger partial charge >= 0.3 is 12.1 Å². The second-order valence-corrected chi connectivity index (χ2v) is 11.8. The van der Waals surface area contributed by atoms with E-state index in [0.29, 0.717) is 12.6 Å². The van der Waals surface area contributed by atoms with E-state index in [9.17, 15) is 9.59 Å². The number of carbonyl (C=O) groups excluding carboxylic acids is 2. The Balaban J connectivity index is 0.000000708. The largest absolute Gasteiger partial charge is 0.465 e. The molecule has 1 aromatic carbocycles. The van der Waals surface area contributed by atoms with Crippen LogP contribution < -0.4 is 0 Å². The van der Waals surface area contributed by atoms with Gasteiger partial charge in [0, 0.05) is 31.7 Å². The SMILES string of the molecule is CCN(CC)CC.CCOC(=O)CN(C(=O)OC(C)(C)C)C1CCN(C2CCN(Cc3ccccc3)CC2)CC1. The topological polar surface area (TPSA) is 65.6 Å². The summed E-state index contributed by atoms with van der Waals surface area (Å²) in [5, 5.41) is 0. The summed E-state index contributed by atoms with van der Waals surface area (Å²) >= 11 is 0. The third-order valence-electron chi connectivity index (χ3n) is 7.84. The molecule has 1 aromatic rings. The van der Waals surface area contributed by atoms with Gasteiger partial charge in [0.15, 0.2) is 0 Å². The molecule has 2 aliphatic rings. The van der Waals surface area contributed by atoms with Gasteiger partial charge in [0.1, 0.15) is 12.1 Å². The highest BCUT2D eigenvalue weighted by molar-refractivity contribution is 5.78.